The first-order valence-electron chi connectivity index (χ1n) is 3.33. The van der Waals surface area contributed by atoms with Gasteiger partial charge < -0.3 is 4.74 Å². The molecule has 0 aromatic heterocycles. The SMILES string of the molecule is COC1C=CC=CC1(Br)[N+](=O)[O-]. The van der Waals surface area contributed by atoms with Gasteiger partial charge in [0.25, 0.3) is 0 Å². The quantitative estimate of drug-likeness (QED) is 0.315. The van der Waals surface area contributed by atoms with Crippen LogP contribution in [-0.2, 0) is 4.74 Å². The van der Waals surface area contributed by atoms with Crippen molar-refractivity contribution in [2.75, 3.05) is 7.11 Å². The van der Waals surface area contributed by atoms with Gasteiger partial charge in [0.05, 0.1) is 0 Å². The maximum atomic E-state index is 10.6. The van der Waals surface area contributed by atoms with Gasteiger partial charge in [0.2, 0.25) is 0 Å². The van der Waals surface area contributed by atoms with E-state index in [4.69, 9.17) is 4.74 Å². The normalized spacial score (nSPS) is 33.7. The van der Waals surface area contributed by atoms with Crippen molar-refractivity contribution in [2.45, 2.75) is 10.6 Å². The van der Waals surface area contributed by atoms with Crippen LogP contribution in [0.1, 0.15) is 0 Å². The van der Waals surface area contributed by atoms with Crippen LogP contribution in [-0.4, -0.2) is 22.6 Å². The minimum Gasteiger partial charge on any atom is -0.368 e. The van der Waals surface area contributed by atoms with Crippen molar-refractivity contribution in [1.29, 1.82) is 0 Å². The van der Waals surface area contributed by atoms with E-state index in [1.807, 2.05) is 0 Å². The molecule has 0 amide bonds. The van der Waals surface area contributed by atoms with Gasteiger partial charge in [-0.3, -0.25) is 10.1 Å². The molecular formula is C7H8BrNO3. The van der Waals surface area contributed by atoms with Gasteiger partial charge in [0.1, 0.15) is 0 Å². The van der Waals surface area contributed by atoms with Crippen molar-refractivity contribution >= 4 is 15.9 Å². The second-order valence-corrected chi connectivity index (χ2v) is 3.66. The zero-order chi connectivity index (χ0) is 9.19. The molecule has 5 heteroatoms. The minimum absolute atomic E-state index is 0.416. The summed E-state index contributed by atoms with van der Waals surface area (Å²) < 4.78 is 3.63. The smallest absolute Gasteiger partial charge is 0.322 e. The molecule has 0 spiro atoms. The van der Waals surface area contributed by atoms with Gasteiger partial charge in [-0.25, -0.2) is 0 Å². The first kappa shape index (κ1) is 9.41. The van der Waals surface area contributed by atoms with Gasteiger partial charge in [-0.1, -0.05) is 12.2 Å². The minimum atomic E-state index is -1.31. The molecule has 2 atom stereocenters. The zero-order valence-electron chi connectivity index (χ0n) is 6.44. The van der Waals surface area contributed by atoms with E-state index in [1.54, 1.807) is 18.2 Å². The summed E-state index contributed by atoms with van der Waals surface area (Å²) >= 11 is 3.02. The Morgan fingerprint density at radius 1 is 1.67 bits per heavy atom. The molecule has 0 aromatic rings. The highest BCUT2D eigenvalue weighted by Gasteiger charge is 2.46. The van der Waals surface area contributed by atoms with Gasteiger partial charge in [0.15, 0.2) is 6.10 Å². The van der Waals surface area contributed by atoms with Crippen molar-refractivity contribution in [2.24, 2.45) is 0 Å². The first-order valence-corrected chi connectivity index (χ1v) is 4.13. The molecule has 0 aliphatic heterocycles. The summed E-state index contributed by atoms with van der Waals surface area (Å²) in [6, 6.07) is 0. The molecule has 66 valence electrons. The van der Waals surface area contributed by atoms with Crippen molar-refractivity contribution in [3.8, 4) is 0 Å². The Hall–Kier alpha value is -0.680. The highest BCUT2D eigenvalue weighted by Crippen LogP contribution is 2.30. The molecule has 0 aromatic carbocycles. The number of nitrogens with zero attached hydrogens (tertiary/aromatic N) is 1. The Bertz CT molecular complexity index is 251. The van der Waals surface area contributed by atoms with Crippen molar-refractivity contribution < 1.29 is 9.66 Å². The fourth-order valence-corrected chi connectivity index (χ4v) is 1.49. The van der Waals surface area contributed by atoms with Crippen LogP contribution in [0.3, 0.4) is 0 Å². The summed E-state index contributed by atoms with van der Waals surface area (Å²) in [5.41, 5.74) is 0. The maximum Gasteiger partial charge on any atom is 0.322 e. The summed E-state index contributed by atoms with van der Waals surface area (Å²) in [6.45, 7) is 0. The van der Waals surface area contributed by atoms with Gasteiger partial charge in [-0.2, -0.15) is 0 Å². The van der Waals surface area contributed by atoms with Crippen molar-refractivity contribution in [3.05, 3.63) is 34.4 Å². The van der Waals surface area contributed by atoms with Crippen LogP contribution in [0.25, 0.3) is 0 Å². The van der Waals surface area contributed by atoms with E-state index in [0.717, 1.165) is 0 Å². The Morgan fingerprint density at radius 3 is 2.75 bits per heavy atom. The fraction of sp³-hybridized carbons (Fsp3) is 0.429. The van der Waals surface area contributed by atoms with Crippen LogP contribution >= 0.6 is 15.9 Å². The Morgan fingerprint density at radius 2 is 2.33 bits per heavy atom. The second-order valence-electron chi connectivity index (χ2n) is 2.39. The number of ether oxygens (including phenoxy) is 1. The molecule has 0 bridgehead atoms. The highest BCUT2D eigenvalue weighted by molar-refractivity contribution is 9.10. The van der Waals surface area contributed by atoms with Crippen LogP contribution in [0, 0.1) is 10.1 Å². The van der Waals surface area contributed by atoms with E-state index in [2.05, 4.69) is 15.9 Å². The number of methoxy groups -OCH3 is 1. The lowest BCUT2D eigenvalue weighted by atomic mass is 10.1. The molecule has 1 aliphatic carbocycles. The van der Waals surface area contributed by atoms with E-state index in [-0.39, 0.29) is 0 Å². The fourth-order valence-electron chi connectivity index (χ4n) is 0.994. The molecule has 0 N–H and O–H groups in total. The van der Waals surface area contributed by atoms with Gasteiger partial charge in [-0.05, 0) is 6.08 Å². The summed E-state index contributed by atoms with van der Waals surface area (Å²) in [5, 5.41) is 10.6. The van der Waals surface area contributed by atoms with E-state index >= 15 is 0 Å². The summed E-state index contributed by atoms with van der Waals surface area (Å²) in [4.78, 5) is 10.2. The number of hydrogen-bond donors (Lipinski definition) is 0. The summed E-state index contributed by atoms with van der Waals surface area (Å²) in [5.74, 6) is 0. The standard InChI is InChI=1S/C7H8BrNO3/c1-12-6-4-2-3-5-7(6,8)9(10)11/h2-6H,1H3. The molecule has 0 saturated carbocycles. The first-order chi connectivity index (χ1) is 5.61. The van der Waals surface area contributed by atoms with E-state index in [1.165, 1.54) is 13.2 Å². The summed E-state index contributed by atoms with van der Waals surface area (Å²) in [6.07, 6.45) is 5.88. The predicted octanol–water partition coefficient (Wildman–Crippen LogP) is 1.50. The van der Waals surface area contributed by atoms with Crippen LogP contribution in [0.2, 0.25) is 0 Å². The lowest BCUT2D eigenvalue weighted by Crippen LogP contribution is -2.42. The molecule has 1 rings (SSSR count). The third-order valence-electron chi connectivity index (χ3n) is 1.66. The average Bonchev–Trinajstić information content (AvgIpc) is 2.05. The lowest BCUT2D eigenvalue weighted by molar-refractivity contribution is -0.531. The Labute approximate surface area is 78.2 Å². The van der Waals surface area contributed by atoms with Crippen LogP contribution in [0.5, 0.6) is 0 Å². The van der Waals surface area contributed by atoms with Crippen molar-refractivity contribution in [3.63, 3.8) is 0 Å². The molecule has 0 radical (unpaired) electrons. The lowest BCUT2D eigenvalue weighted by Gasteiger charge is -2.23. The molecule has 0 fully saturated rings. The predicted molar refractivity (Wildman–Crippen MR) is 47.7 cm³/mol. The van der Waals surface area contributed by atoms with E-state index in [0.29, 0.717) is 0 Å². The number of halogens is 1. The van der Waals surface area contributed by atoms with Gasteiger partial charge >= 0.3 is 4.45 Å². The number of nitro groups is 1. The number of rotatable bonds is 2. The Kier molecular flexibility index (Phi) is 2.64. The molecule has 1 aliphatic rings. The number of hydrogen-bond acceptors (Lipinski definition) is 3. The number of allylic oxidation sites excluding steroid dienone is 2. The van der Waals surface area contributed by atoms with Crippen molar-refractivity contribution in [1.82, 2.24) is 0 Å². The molecule has 12 heavy (non-hydrogen) atoms. The maximum absolute atomic E-state index is 10.6. The molecule has 4 nitrogen and oxygen atoms in total. The third kappa shape index (κ3) is 1.42. The molecule has 2 unspecified atom stereocenters. The number of alkyl halides is 1. The third-order valence-corrected chi connectivity index (χ3v) is 2.66. The highest BCUT2D eigenvalue weighted by atomic mass is 79.9. The molecule has 0 heterocycles. The summed E-state index contributed by atoms with van der Waals surface area (Å²) in [7, 11) is 1.44. The van der Waals surface area contributed by atoms with Gasteiger partial charge in [-0.15, -0.1) is 0 Å². The molecular weight excluding hydrogens is 226 g/mol. The largest absolute Gasteiger partial charge is 0.368 e. The van der Waals surface area contributed by atoms with E-state index in [9.17, 15) is 10.1 Å². The second kappa shape index (κ2) is 3.37. The van der Waals surface area contributed by atoms with Crippen LogP contribution in [0.15, 0.2) is 24.3 Å². The zero-order valence-corrected chi connectivity index (χ0v) is 8.02. The van der Waals surface area contributed by atoms with Crippen LogP contribution < -0.4 is 0 Å². The average molecular weight is 234 g/mol. The van der Waals surface area contributed by atoms with E-state index < -0.39 is 15.5 Å². The monoisotopic (exact) mass is 233 g/mol. The van der Waals surface area contributed by atoms with Gasteiger partial charge in [0, 0.05) is 34.0 Å². The molecule has 0 saturated heterocycles. The van der Waals surface area contributed by atoms with Crippen LogP contribution in [0.4, 0.5) is 0 Å². The Balaban J connectivity index is 2.94. The topological polar surface area (TPSA) is 52.4 Å².